The van der Waals surface area contributed by atoms with Crippen molar-refractivity contribution < 1.29 is 28.4 Å². The number of benzene rings is 9. The first kappa shape index (κ1) is 97.1. The van der Waals surface area contributed by atoms with Crippen molar-refractivity contribution in [2.24, 2.45) is 0 Å². The fourth-order valence-corrected chi connectivity index (χ4v) is 132. The number of hydrogen-bond acceptors (Lipinski definition) is 6. The molecule has 0 amide bonds. The molecule has 0 aromatic heterocycles. The van der Waals surface area contributed by atoms with Crippen LogP contribution >= 0.6 is 82.2 Å². The van der Waals surface area contributed by atoms with Crippen LogP contribution in [0.1, 0.15) is 228 Å². The summed E-state index contributed by atoms with van der Waals surface area (Å²) in [5.74, 6) is 5.19. The first-order chi connectivity index (χ1) is 57.6. The van der Waals surface area contributed by atoms with Gasteiger partial charge in [-0.1, -0.05) is 341 Å². The lowest BCUT2D eigenvalue weighted by atomic mass is 10.0. The lowest BCUT2D eigenvalue weighted by Crippen LogP contribution is -2.30. The molecule has 0 N–H and O–H groups in total. The summed E-state index contributed by atoms with van der Waals surface area (Å²) in [5.41, 5.74) is 9.02. The summed E-state index contributed by atoms with van der Waals surface area (Å²) in [5, 5.41) is 13.6. The number of ether oxygens (including phenoxy) is 6. The minimum atomic E-state index is -0.901. The van der Waals surface area contributed by atoms with Crippen LogP contribution in [0.5, 0.6) is 34.5 Å². The highest BCUT2D eigenvalue weighted by Gasteiger charge is 2.64. The van der Waals surface area contributed by atoms with Gasteiger partial charge in [-0.15, -0.1) is 0 Å². The summed E-state index contributed by atoms with van der Waals surface area (Å²) in [4.78, 5) is 0. The maximum atomic E-state index is 5.65. The molecule has 6 nitrogen and oxygen atoms in total. The van der Waals surface area contributed by atoms with Crippen LogP contribution in [-0.2, 0) is 0 Å². The predicted molar refractivity (Wildman–Crippen MR) is 551 cm³/mol. The van der Waals surface area contributed by atoms with Gasteiger partial charge in [0.25, 0.3) is 0 Å². The van der Waals surface area contributed by atoms with Crippen LogP contribution in [0.4, 0.5) is 0 Å². The quantitative estimate of drug-likeness (QED) is 0.0752. The summed E-state index contributed by atoms with van der Waals surface area (Å²) in [6.45, 7) is 36.7. The third kappa shape index (κ3) is 25.3. The summed E-state index contributed by atoms with van der Waals surface area (Å²) in [6, 6.07) is 76.3. The van der Waals surface area contributed by atoms with E-state index in [0.717, 1.165) is 50.4 Å². The van der Waals surface area contributed by atoms with Gasteiger partial charge < -0.3 is 28.4 Å². The van der Waals surface area contributed by atoms with E-state index in [1.807, 2.05) is 91.0 Å². The zero-order chi connectivity index (χ0) is 85.9. The topological polar surface area (TPSA) is 55.4 Å². The normalized spacial score (nSPS) is 21.3. The molecule has 4 saturated carbocycles. The molecule has 0 radical (unpaired) electrons. The number of methoxy groups -OCH3 is 6. The molecular formula is C103H143O6P11. The molecule has 9 aromatic rings. The SMILES string of the molecule is C1CCC(P2P(C3CCCCC3)P(C3CCCCC3)P2C2CCCCC2)CC1.CC(C)(C)P1P(C(C)(C)C)P(C(C)(C)C)P1C(C)(C)C.COc1ccc(P(c2ccc(OC)cc2)c2ccc(OC)cc2)cc1.COc1ccccc1P(c1ccccc1OC)c1ccccc1OC.Cc1ccc(P(c2ccc(C)cc2)c2ccc(C)cc2)cc1. The third-order valence-corrected chi connectivity index (χ3v) is 112. The molecule has 2 heterocycles. The van der Waals surface area contributed by atoms with Gasteiger partial charge in [-0.25, -0.2) is 0 Å². The van der Waals surface area contributed by atoms with Crippen LogP contribution in [0, 0.1) is 20.8 Å². The number of hydrogen-bond donors (Lipinski definition) is 0. The number of rotatable bonds is 19. The summed E-state index contributed by atoms with van der Waals surface area (Å²) < 4.78 is 32.8. The lowest BCUT2D eigenvalue weighted by molar-refractivity contribution is 0.415. The van der Waals surface area contributed by atoms with Gasteiger partial charge >= 0.3 is 0 Å². The molecule has 4 aliphatic carbocycles. The van der Waals surface area contributed by atoms with Crippen LogP contribution in [0.3, 0.4) is 0 Å². The Morgan fingerprint density at radius 2 is 0.408 bits per heavy atom. The minimum absolute atomic E-state index is 0.213. The van der Waals surface area contributed by atoms with Crippen LogP contribution in [0.2, 0.25) is 0 Å². The van der Waals surface area contributed by atoms with Crippen molar-refractivity contribution in [1.82, 2.24) is 0 Å². The van der Waals surface area contributed by atoms with E-state index in [1.165, 1.54) is 71.2 Å². The van der Waals surface area contributed by atoms with Crippen LogP contribution in [0.25, 0.3) is 0 Å². The van der Waals surface area contributed by atoms with Crippen molar-refractivity contribution in [2.45, 2.75) is 276 Å². The van der Waals surface area contributed by atoms with Gasteiger partial charge in [0, 0.05) is 15.9 Å². The smallest absolute Gasteiger partial charge is 0.127 e. The standard InChI is InChI=1S/C24H44P4.2C21H21O3P.C21H21P.C16H36P4/c1-5-13-21(14-6-1)25-26(22-15-7-2-8-16-22)28(24-19-11-4-12-20-24)27(25)23-17-9-3-10-18-23;1-22-16-4-10-19(11-5-16)25(20-12-6-17(23-2)7-13-20)21-14-8-18(24-3)9-15-21;1-22-16-10-4-7-13-19(16)25(20-14-8-5-11-17(20)23-2)21-15-9-6-12-18(21)24-3;1-16-4-10-19(11-5-16)22(20-12-6-17(2)7-13-20)21-14-8-18(3)9-15-21;1-13(2,3)17-18(14(4,5)6)20(16(10,11)12)19(17)15(7,8)9/h21-24H,1-20H2;2*4-15H,1-3H3;4-15H,1-3H3;1-12H3. The van der Waals surface area contributed by atoms with Gasteiger partial charge in [0.15, 0.2) is 0 Å². The average Bonchev–Trinajstić information content (AvgIpc) is 0.694. The van der Waals surface area contributed by atoms with Crippen LogP contribution in [0.15, 0.2) is 218 Å². The van der Waals surface area contributed by atoms with Gasteiger partial charge in [0.1, 0.15) is 34.5 Å². The van der Waals surface area contributed by atoms with Crippen molar-refractivity contribution in [2.75, 3.05) is 42.7 Å². The van der Waals surface area contributed by atoms with E-state index in [1.54, 1.807) is 171 Å². The molecule has 15 rings (SSSR count). The van der Waals surface area contributed by atoms with Gasteiger partial charge in [0.2, 0.25) is 0 Å². The fourth-order valence-electron chi connectivity index (χ4n) is 17.5. The second-order valence-electron chi connectivity index (χ2n) is 36.9. The number of para-hydroxylation sites is 3. The molecule has 9 aromatic carbocycles. The molecule has 6 fully saturated rings. The maximum absolute atomic E-state index is 5.65. The molecular weight excluding hydrogens is 1670 g/mol. The monoisotopic (exact) mass is 1820 g/mol. The minimum Gasteiger partial charge on any atom is -0.497 e. The summed E-state index contributed by atoms with van der Waals surface area (Å²) >= 11 is 0. The third-order valence-electron chi connectivity index (χ3n) is 23.4. The Kier molecular flexibility index (Phi) is 37.2. The first-order valence-electron chi connectivity index (χ1n) is 44.4. The Morgan fingerprint density at radius 3 is 0.583 bits per heavy atom. The molecule has 6 aliphatic rings. The van der Waals surface area contributed by atoms with E-state index in [2.05, 4.69) is 231 Å². The molecule has 0 bridgehead atoms. The predicted octanol–water partition coefficient (Wildman–Crippen LogP) is 31.0. The second-order valence-corrected chi connectivity index (χ2v) is 84.2. The molecule has 0 spiro atoms. The maximum Gasteiger partial charge on any atom is 0.127 e. The van der Waals surface area contributed by atoms with E-state index in [9.17, 15) is 0 Å². The highest BCUT2D eigenvalue weighted by atomic mass is 33.0. The second kappa shape index (κ2) is 46.0. The van der Waals surface area contributed by atoms with E-state index in [4.69, 9.17) is 28.4 Å². The van der Waals surface area contributed by atoms with E-state index >= 15 is 0 Å². The van der Waals surface area contributed by atoms with Crippen molar-refractivity contribution >= 4 is 130 Å². The van der Waals surface area contributed by atoms with Crippen molar-refractivity contribution in [3.05, 3.63) is 235 Å². The Labute approximate surface area is 740 Å². The van der Waals surface area contributed by atoms with Gasteiger partial charge in [0.05, 0.1) is 42.7 Å². The molecule has 17 heteroatoms. The van der Waals surface area contributed by atoms with Gasteiger partial charge in [-0.05, 0) is 284 Å². The van der Waals surface area contributed by atoms with E-state index in [0.29, 0.717) is 49.8 Å². The summed E-state index contributed by atoms with van der Waals surface area (Å²) in [7, 11) is 11.0. The van der Waals surface area contributed by atoms with E-state index < -0.39 is 23.8 Å². The van der Waals surface area contributed by atoms with Crippen LogP contribution < -0.4 is 76.2 Å². The summed E-state index contributed by atoms with van der Waals surface area (Å²) in [6.07, 6.45) is 32.5. The van der Waals surface area contributed by atoms with Gasteiger partial charge in [-0.3, -0.25) is 0 Å². The van der Waals surface area contributed by atoms with Crippen molar-refractivity contribution in [3.63, 3.8) is 0 Å². The molecule has 0 atom stereocenters. The molecule has 0 unspecified atom stereocenters. The zero-order valence-electron chi connectivity index (χ0n) is 76.6. The Morgan fingerprint density at radius 1 is 0.225 bits per heavy atom. The highest BCUT2D eigenvalue weighted by Crippen LogP contribution is 3.27. The Bertz CT molecular complexity index is 4020. The zero-order valence-corrected chi connectivity index (χ0v) is 86.4. The molecule has 646 valence electrons. The van der Waals surface area contributed by atoms with E-state index in [-0.39, 0.29) is 29.2 Å². The Balaban J connectivity index is 0.000000147. The van der Waals surface area contributed by atoms with Gasteiger partial charge in [-0.2, -0.15) is 0 Å². The fraction of sp³-hybridized carbons (Fsp3) is 0.476. The highest BCUT2D eigenvalue weighted by molar-refractivity contribution is 9.10. The van der Waals surface area contributed by atoms with Crippen molar-refractivity contribution in [3.8, 4) is 34.5 Å². The first-order valence-corrected chi connectivity index (χ1v) is 65.1. The molecule has 120 heavy (non-hydrogen) atoms. The Hall–Kier alpha value is -3.49. The largest absolute Gasteiger partial charge is 0.497 e. The molecule has 2 saturated heterocycles. The number of aryl methyl sites for hydroxylation is 3. The van der Waals surface area contributed by atoms with Crippen molar-refractivity contribution in [1.29, 1.82) is 0 Å². The molecule has 2 aliphatic heterocycles. The van der Waals surface area contributed by atoms with Crippen LogP contribution in [-0.4, -0.2) is 85.9 Å². The average molecular weight is 1820 g/mol. The lowest BCUT2D eigenvalue weighted by Gasteiger charge is -2.69.